The molecule has 20 heavy (non-hydrogen) atoms. The molecule has 0 saturated carbocycles. The summed E-state index contributed by atoms with van der Waals surface area (Å²) in [7, 11) is 0. The van der Waals surface area contributed by atoms with Gasteiger partial charge in [-0.1, -0.05) is 23.5 Å². The number of rotatable bonds is 3. The van der Waals surface area contributed by atoms with Crippen LogP contribution in [0.5, 0.6) is 0 Å². The van der Waals surface area contributed by atoms with Crippen molar-refractivity contribution >= 4 is 16.5 Å². The minimum absolute atomic E-state index is 0.0805. The third-order valence-electron chi connectivity index (χ3n) is 2.61. The highest BCUT2D eigenvalue weighted by atomic mass is 32.1. The summed E-state index contributed by atoms with van der Waals surface area (Å²) >= 11 is 0.438. The highest BCUT2D eigenvalue weighted by molar-refractivity contribution is 7.15. The lowest BCUT2D eigenvalue weighted by atomic mass is 10.1. The number of benzene rings is 1. The van der Waals surface area contributed by atoms with E-state index in [2.05, 4.69) is 15.5 Å². The van der Waals surface area contributed by atoms with Crippen molar-refractivity contribution in [2.24, 2.45) is 0 Å². The second-order valence-corrected chi connectivity index (χ2v) is 5.28. The van der Waals surface area contributed by atoms with Gasteiger partial charge < -0.3 is 5.32 Å². The standard InChI is InChI=1S/C12H11F4N3S/c1-6-3-8(4-7(2)9(6)13)5-17-11-19-18-10(20-11)12(14,15)16/h3-4H,5H2,1-2H3,(H,17,19). The van der Waals surface area contributed by atoms with E-state index in [1.165, 1.54) is 0 Å². The minimum Gasteiger partial charge on any atom is -0.356 e. The molecule has 0 amide bonds. The summed E-state index contributed by atoms with van der Waals surface area (Å²) in [5, 5.41) is 8.33. The van der Waals surface area contributed by atoms with Crippen LogP contribution < -0.4 is 5.32 Å². The number of aromatic nitrogens is 2. The molecule has 0 fully saturated rings. The highest BCUT2D eigenvalue weighted by Gasteiger charge is 2.35. The van der Waals surface area contributed by atoms with Crippen LogP contribution in [0, 0.1) is 19.7 Å². The molecule has 0 aliphatic heterocycles. The molecule has 1 aromatic carbocycles. The van der Waals surface area contributed by atoms with Crippen LogP contribution >= 0.6 is 11.3 Å². The Bertz CT molecular complexity index is 598. The maximum absolute atomic E-state index is 13.4. The molecule has 0 saturated heterocycles. The maximum Gasteiger partial charge on any atom is 0.445 e. The topological polar surface area (TPSA) is 37.8 Å². The van der Waals surface area contributed by atoms with Crippen LogP contribution in [-0.2, 0) is 12.7 Å². The molecule has 108 valence electrons. The predicted molar refractivity (Wildman–Crippen MR) is 68.1 cm³/mol. The fourth-order valence-electron chi connectivity index (χ4n) is 1.72. The largest absolute Gasteiger partial charge is 0.445 e. The van der Waals surface area contributed by atoms with Gasteiger partial charge in [-0.2, -0.15) is 13.2 Å². The van der Waals surface area contributed by atoms with Gasteiger partial charge >= 0.3 is 6.18 Å². The van der Waals surface area contributed by atoms with Crippen LogP contribution in [0.4, 0.5) is 22.7 Å². The molecule has 0 spiro atoms. The van der Waals surface area contributed by atoms with E-state index in [9.17, 15) is 17.6 Å². The van der Waals surface area contributed by atoms with Gasteiger partial charge in [-0.05, 0) is 30.5 Å². The Kier molecular flexibility index (Phi) is 3.94. The quantitative estimate of drug-likeness (QED) is 0.873. The molecule has 2 rings (SSSR count). The van der Waals surface area contributed by atoms with Crippen LogP contribution in [0.1, 0.15) is 21.7 Å². The Labute approximate surface area is 116 Å². The van der Waals surface area contributed by atoms with E-state index in [0.717, 1.165) is 5.56 Å². The molecule has 2 aromatic rings. The summed E-state index contributed by atoms with van der Waals surface area (Å²) in [6.07, 6.45) is -4.49. The first-order valence-corrected chi connectivity index (χ1v) is 6.49. The Hall–Kier alpha value is -1.70. The van der Waals surface area contributed by atoms with E-state index >= 15 is 0 Å². The van der Waals surface area contributed by atoms with Gasteiger partial charge in [0.15, 0.2) is 0 Å². The average molecular weight is 305 g/mol. The van der Waals surface area contributed by atoms with Crippen molar-refractivity contribution in [3.8, 4) is 0 Å². The van der Waals surface area contributed by atoms with Gasteiger partial charge in [0.05, 0.1) is 0 Å². The minimum atomic E-state index is -4.49. The second-order valence-electron chi connectivity index (χ2n) is 4.31. The summed E-state index contributed by atoms with van der Waals surface area (Å²) in [5.41, 5.74) is 1.76. The Morgan fingerprint density at radius 3 is 2.25 bits per heavy atom. The molecule has 0 aliphatic rings. The van der Waals surface area contributed by atoms with Crippen molar-refractivity contribution in [1.29, 1.82) is 0 Å². The first-order valence-electron chi connectivity index (χ1n) is 5.67. The number of halogens is 4. The smallest absolute Gasteiger partial charge is 0.356 e. The summed E-state index contributed by atoms with van der Waals surface area (Å²) < 4.78 is 50.5. The van der Waals surface area contributed by atoms with Crippen LogP contribution in [0.25, 0.3) is 0 Å². The van der Waals surface area contributed by atoms with E-state index in [1.807, 2.05) is 0 Å². The van der Waals surface area contributed by atoms with E-state index in [4.69, 9.17) is 0 Å². The molecule has 0 unspecified atom stereocenters. The fourth-order valence-corrected chi connectivity index (χ4v) is 2.33. The number of nitrogens with one attached hydrogen (secondary N) is 1. The molecular formula is C12H11F4N3S. The van der Waals surface area contributed by atoms with Crippen LogP contribution in [0.2, 0.25) is 0 Å². The lowest BCUT2D eigenvalue weighted by Crippen LogP contribution is -2.03. The number of nitrogens with zero attached hydrogens (tertiary/aromatic N) is 2. The third-order valence-corrected chi connectivity index (χ3v) is 3.53. The summed E-state index contributed by atoms with van der Waals surface area (Å²) in [4.78, 5) is 0. The Morgan fingerprint density at radius 1 is 1.15 bits per heavy atom. The van der Waals surface area contributed by atoms with Gasteiger partial charge in [0.1, 0.15) is 5.82 Å². The third kappa shape index (κ3) is 3.24. The first kappa shape index (κ1) is 14.7. The van der Waals surface area contributed by atoms with Crippen LogP contribution in [0.15, 0.2) is 12.1 Å². The van der Waals surface area contributed by atoms with Gasteiger partial charge in [0, 0.05) is 6.54 Å². The zero-order valence-electron chi connectivity index (χ0n) is 10.7. The van der Waals surface area contributed by atoms with E-state index < -0.39 is 11.2 Å². The lowest BCUT2D eigenvalue weighted by Gasteiger charge is -2.07. The molecule has 1 aromatic heterocycles. The van der Waals surface area contributed by atoms with Crippen molar-refractivity contribution in [2.75, 3.05) is 5.32 Å². The number of anilines is 1. The van der Waals surface area contributed by atoms with Gasteiger partial charge in [0.2, 0.25) is 10.1 Å². The molecule has 0 bridgehead atoms. The average Bonchev–Trinajstić information content (AvgIpc) is 2.82. The Balaban J connectivity index is 2.08. The molecule has 0 radical (unpaired) electrons. The monoisotopic (exact) mass is 305 g/mol. The van der Waals surface area contributed by atoms with Crippen molar-refractivity contribution < 1.29 is 17.6 Å². The van der Waals surface area contributed by atoms with Gasteiger partial charge in [0.25, 0.3) is 0 Å². The van der Waals surface area contributed by atoms with Crippen molar-refractivity contribution in [3.05, 3.63) is 39.6 Å². The van der Waals surface area contributed by atoms with Gasteiger partial charge in [-0.15, -0.1) is 10.2 Å². The number of aryl methyl sites for hydroxylation is 2. The maximum atomic E-state index is 13.4. The van der Waals surface area contributed by atoms with Crippen molar-refractivity contribution in [1.82, 2.24) is 10.2 Å². The summed E-state index contributed by atoms with van der Waals surface area (Å²) in [5.74, 6) is -0.274. The molecule has 8 heteroatoms. The van der Waals surface area contributed by atoms with E-state index in [0.29, 0.717) is 22.5 Å². The summed E-state index contributed by atoms with van der Waals surface area (Å²) in [6, 6.07) is 3.28. The molecule has 1 heterocycles. The highest BCUT2D eigenvalue weighted by Crippen LogP contribution is 2.33. The molecule has 0 aliphatic carbocycles. The normalized spacial score (nSPS) is 11.7. The fraction of sp³-hybridized carbons (Fsp3) is 0.333. The van der Waals surface area contributed by atoms with Gasteiger partial charge in [-0.25, -0.2) is 4.39 Å². The number of alkyl halides is 3. The summed E-state index contributed by atoms with van der Waals surface area (Å²) in [6.45, 7) is 3.53. The zero-order chi connectivity index (χ0) is 14.9. The van der Waals surface area contributed by atoms with Gasteiger partial charge in [-0.3, -0.25) is 0 Å². The zero-order valence-corrected chi connectivity index (χ0v) is 11.5. The first-order chi connectivity index (χ1) is 9.27. The van der Waals surface area contributed by atoms with Crippen LogP contribution in [0.3, 0.4) is 0 Å². The lowest BCUT2D eigenvalue weighted by molar-refractivity contribution is -0.138. The van der Waals surface area contributed by atoms with Crippen LogP contribution in [-0.4, -0.2) is 10.2 Å². The molecule has 0 atom stereocenters. The predicted octanol–water partition coefficient (Wildman–Crippen LogP) is 3.92. The molecular weight excluding hydrogens is 294 g/mol. The molecule has 3 nitrogen and oxygen atoms in total. The second kappa shape index (κ2) is 5.35. The Morgan fingerprint density at radius 2 is 1.75 bits per heavy atom. The molecule has 1 N–H and O–H groups in total. The number of hydrogen-bond donors (Lipinski definition) is 1. The SMILES string of the molecule is Cc1cc(CNc2nnc(C(F)(F)F)s2)cc(C)c1F. The number of hydrogen-bond acceptors (Lipinski definition) is 4. The van der Waals surface area contributed by atoms with E-state index in [1.54, 1.807) is 26.0 Å². The van der Waals surface area contributed by atoms with Crippen molar-refractivity contribution in [2.45, 2.75) is 26.6 Å². The van der Waals surface area contributed by atoms with E-state index in [-0.39, 0.29) is 17.5 Å². The van der Waals surface area contributed by atoms with Crippen molar-refractivity contribution in [3.63, 3.8) is 0 Å².